The fourth-order valence-electron chi connectivity index (χ4n) is 2.13. The van der Waals surface area contributed by atoms with Crippen molar-refractivity contribution >= 4 is 41.5 Å². The van der Waals surface area contributed by atoms with Crippen LogP contribution in [-0.4, -0.2) is 42.0 Å². The van der Waals surface area contributed by atoms with Gasteiger partial charge >= 0.3 is 0 Å². The zero-order valence-electron chi connectivity index (χ0n) is 14.7. The van der Waals surface area contributed by atoms with Crippen molar-refractivity contribution in [2.75, 3.05) is 20.1 Å². The first-order valence-corrected chi connectivity index (χ1v) is 8.30. The minimum Gasteiger partial charge on any atom is -0.489 e. The molecule has 1 aromatic heterocycles. The van der Waals surface area contributed by atoms with Crippen LogP contribution in [0.3, 0.4) is 0 Å². The molecule has 6 nitrogen and oxygen atoms in total. The van der Waals surface area contributed by atoms with Crippen molar-refractivity contribution in [1.82, 2.24) is 20.4 Å². The van der Waals surface area contributed by atoms with Gasteiger partial charge in [0.2, 0.25) is 0 Å². The van der Waals surface area contributed by atoms with Crippen LogP contribution in [0.4, 0.5) is 0 Å². The zero-order chi connectivity index (χ0) is 17.4. The number of rotatable bonds is 7. The Labute approximate surface area is 171 Å². The summed E-state index contributed by atoms with van der Waals surface area (Å²) in [5.41, 5.74) is 1.16. The van der Waals surface area contributed by atoms with Crippen LogP contribution >= 0.6 is 35.6 Å². The number of ether oxygens (including phenoxy) is 1. The van der Waals surface area contributed by atoms with E-state index in [9.17, 15) is 0 Å². The summed E-state index contributed by atoms with van der Waals surface area (Å²) in [5, 5.41) is 11.5. The van der Waals surface area contributed by atoms with Crippen LogP contribution in [0.15, 0.2) is 41.7 Å². The van der Waals surface area contributed by atoms with Gasteiger partial charge in [-0.15, -0.1) is 24.0 Å². The number of aromatic nitrogens is 2. The highest BCUT2D eigenvalue weighted by molar-refractivity contribution is 14.0. The molecule has 0 saturated carbocycles. The summed E-state index contributed by atoms with van der Waals surface area (Å²) in [5.74, 6) is 1.54. The average Bonchev–Trinajstić information content (AvgIpc) is 2.98. The molecule has 2 N–H and O–H groups in total. The Hall–Kier alpha value is -1.48. The number of nitrogens with one attached hydrogen (secondary N) is 2. The standard InChI is InChI=1S/C17H24ClN5O.HI/c1-13-10-22-23(12-13)9-8-20-17(19-3)21-11-14(2)24-16-6-4-15(18)5-7-16;/h4-7,10,12,14H,8-9,11H2,1-3H3,(H2,19,20,21);1H. The van der Waals surface area contributed by atoms with Crippen LogP contribution in [0.2, 0.25) is 5.02 Å². The lowest BCUT2D eigenvalue weighted by Crippen LogP contribution is -2.42. The van der Waals surface area contributed by atoms with Crippen molar-refractivity contribution in [3.05, 3.63) is 47.2 Å². The molecule has 0 amide bonds. The Morgan fingerprint density at radius 3 is 2.64 bits per heavy atom. The van der Waals surface area contributed by atoms with E-state index in [1.54, 1.807) is 7.05 Å². The highest BCUT2D eigenvalue weighted by Crippen LogP contribution is 2.16. The summed E-state index contributed by atoms with van der Waals surface area (Å²) in [6, 6.07) is 7.35. The highest BCUT2D eigenvalue weighted by Gasteiger charge is 2.06. The van der Waals surface area contributed by atoms with Crippen LogP contribution in [0.5, 0.6) is 5.75 Å². The van der Waals surface area contributed by atoms with E-state index in [1.807, 2.05) is 55.2 Å². The predicted molar refractivity (Wildman–Crippen MR) is 113 cm³/mol. The summed E-state index contributed by atoms with van der Waals surface area (Å²) in [4.78, 5) is 4.21. The molecular weight excluding hydrogens is 453 g/mol. The monoisotopic (exact) mass is 477 g/mol. The summed E-state index contributed by atoms with van der Waals surface area (Å²) < 4.78 is 7.73. The number of nitrogens with zero attached hydrogens (tertiary/aromatic N) is 3. The van der Waals surface area contributed by atoms with Gasteiger partial charge in [-0.25, -0.2) is 0 Å². The second-order valence-electron chi connectivity index (χ2n) is 5.54. The lowest BCUT2D eigenvalue weighted by Gasteiger charge is -2.17. The topological polar surface area (TPSA) is 63.5 Å². The molecule has 0 bridgehead atoms. The third-order valence-electron chi connectivity index (χ3n) is 3.33. The first kappa shape index (κ1) is 21.6. The maximum atomic E-state index is 5.87. The Balaban J connectivity index is 0.00000312. The molecule has 0 radical (unpaired) electrons. The van der Waals surface area contributed by atoms with E-state index in [0.29, 0.717) is 11.6 Å². The summed E-state index contributed by atoms with van der Waals surface area (Å²) in [6.07, 6.45) is 3.86. The fourth-order valence-corrected chi connectivity index (χ4v) is 2.25. The van der Waals surface area contributed by atoms with Crippen molar-refractivity contribution in [2.45, 2.75) is 26.5 Å². The van der Waals surface area contributed by atoms with Gasteiger partial charge in [-0.3, -0.25) is 9.67 Å². The minimum absolute atomic E-state index is 0. The van der Waals surface area contributed by atoms with Gasteiger partial charge < -0.3 is 15.4 Å². The SMILES string of the molecule is CN=C(NCCn1cc(C)cn1)NCC(C)Oc1ccc(Cl)cc1.I. The van der Waals surface area contributed by atoms with Crippen molar-refractivity contribution in [1.29, 1.82) is 0 Å². The Morgan fingerprint density at radius 2 is 2.04 bits per heavy atom. The highest BCUT2D eigenvalue weighted by atomic mass is 127. The van der Waals surface area contributed by atoms with E-state index >= 15 is 0 Å². The normalized spacial score (nSPS) is 12.2. The number of guanidine groups is 1. The van der Waals surface area contributed by atoms with Crippen LogP contribution in [0.1, 0.15) is 12.5 Å². The van der Waals surface area contributed by atoms with Gasteiger partial charge in [0.05, 0.1) is 19.3 Å². The van der Waals surface area contributed by atoms with Crippen molar-refractivity contribution in [2.24, 2.45) is 4.99 Å². The van der Waals surface area contributed by atoms with E-state index < -0.39 is 0 Å². The van der Waals surface area contributed by atoms with Gasteiger partial charge in [-0.1, -0.05) is 11.6 Å². The molecule has 0 spiro atoms. The molecule has 0 aliphatic rings. The Kier molecular flexibility index (Phi) is 9.66. The molecular formula is C17H25ClIN5O. The smallest absolute Gasteiger partial charge is 0.191 e. The van der Waals surface area contributed by atoms with Gasteiger partial charge in [0.15, 0.2) is 5.96 Å². The number of aliphatic imine (C=N–C) groups is 1. The average molecular weight is 478 g/mol. The summed E-state index contributed by atoms with van der Waals surface area (Å²) in [6.45, 7) is 6.20. The Morgan fingerprint density at radius 1 is 1.32 bits per heavy atom. The van der Waals surface area contributed by atoms with Gasteiger partial charge in [0.1, 0.15) is 11.9 Å². The molecule has 1 atom stereocenters. The third kappa shape index (κ3) is 7.96. The van der Waals surface area contributed by atoms with Crippen molar-refractivity contribution in [3.8, 4) is 5.75 Å². The molecule has 138 valence electrons. The fraction of sp³-hybridized carbons (Fsp3) is 0.412. The van der Waals surface area contributed by atoms with Crippen LogP contribution in [0.25, 0.3) is 0 Å². The molecule has 1 unspecified atom stereocenters. The summed E-state index contributed by atoms with van der Waals surface area (Å²) >= 11 is 5.87. The quantitative estimate of drug-likeness (QED) is 0.365. The minimum atomic E-state index is -0.00140. The van der Waals surface area contributed by atoms with Crippen LogP contribution in [-0.2, 0) is 6.54 Å². The zero-order valence-corrected chi connectivity index (χ0v) is 17.8. The Bertz CT molecular complexity index is 659. The van der Waals surface area contributed by atoms with Crippen molar-refractivity contribution < 1.29 is 4.74 Å². The number of hydrogen-bond acceptors (Lipinski definition) is 3. The maximum Gasteiger partial charge on any atom is 0.191 e. The molecule has 25 heavy (non-hydrogen) atoms. The maximum absolute atomic E-state index is 5.87. The number of halogens is 2. The number of aryl methyl sites for hydroxylation is 1. The second-order valence-corrected chi connectivity index (χ2v) is 5.98. The number of benzene rings is 1. The largest absolute Gasteiger partial charge is 0.489 e. The van der Waals surface area contributed by atoms with E-state index in [-0.39, 0.29) is 30.1 Å². The van der Waals surface area contributed by atoms with E-state index in [1.165, 1.54) is 0 Å². The number of hydrogen-bond donors (Lipinski definition) is 2. The molecule has 1 aromatic carbocycles. The molecule has 0 aliphatic heterocycles. The first-order valence-electron chi connectivity index (χ1n) is 7.92. The van der Waals surface area contributed by atoms with Gasteiger partial charge in [0, 0.05) is 24.8 Å². The van der Waals surface area contributed by atoms with E-state index in [4.69, 9.17) is 16.3 Å². The molecule has 1 heterocycles. The van der Waals surface area contributed by atoms with Gasteiger partial charge in [-0.05, 0) is 43.7 Å². The van der Waals surface area contributed by atoms with E-state index in [2.05, 4.69) is 20.7 Å². The lowest BCUT2D eigenvalue weighted by atomic mass is 10.3. The molecule has 0 saturated heterocycles. The third-order valence-corrected chi connectivity index (χ3v) is 3.58. The molecule has 0 fully saturated rings. The van der Waals surface area contributed by atoms with Gasteiger partial charge in [-0.2, -0.15) is 5.10 Å². The second kappa shape index (κ2) is 11.2. The lowest BCUT2D eigenvalue weighted by molar-refractivity contribution is 0.224. The predicted octanol–water partition coefficient (Wildman–Crippen LogP) is 3.10. The first-order chi connectivity index (χ1) is 11.6. The van der Waals surface area contributed by atoms with Crippen LogP contribution < -0.4 is 15.4 Å². The van der Waals surface area contributed by atoms with E-state index in [0.717, 1.165) is 30.4 Å². The molecule has 2 rings (SSSR count). The molecule has 2 aromatic rings. The van der Waals surface area contributed by atoms with Gasteiger partial charge in [0.25, 0.3) is 0 Å². The summed E-state index contributed by atoms with van der Waals surface area (Å²) in [7, 11) is 1.75. The molecule has 0 aliphatic carbocycles. The van der Waals surface area contributed by atoms with Crippen LogP contribution in [0, 0.1) is 6.92 Å². The van der Waals surface area contributed by atoms with Crippen molar-refractivity contribution in [3.63, 3.8) is 0 Å². The molecule has 8 heteroatoms.